The van der Waals surface area contributed by atoms with Gasteiger partial charge >= 0.3 is 0 Å². The van der Waals surface area contributed by atoms with Crippen molar-refractivity contribution in [3.05, 3.63) is 0 Å². The maximum atomic E-state index is 6.31. The van der Waals surface area contributed by atoms with Gasteiger partial charge in [-0.25, -0.2) is 0 Å². The van der Waals surface area contributed by atoms with Crippen molar-refractivity contribution in [1.82, 2.24) is 4.90 Å². The lowest BCUT2D eigenvalue weighted by atomic mass is 9.62. The Bertz CT molecular complexity index is 312. The van der Waals surface area contributed by atoms with Crippen LogP contribution >= 0.6 is 0 Å². The molecule has 0 radical (unpaired) electrons. The topological polar surface area (TPSA) is 29.3 Å². The molecule has 2 rings (SSSR count). The minimum absolute atomic E-state index is 0.267. The molecule has 112 valence electrons. The van der Waals surface area contributed by atoms with Crippen molar-refractivity contribution in [2.24, 2.45) is 23.0 Å². The molecule has 0 spiro atoms. The molecular weight excluding hydrogens is 232 g/mol. The molecule has 1 aliphatic heterocycles. The maximum Gasteiger partial charge on any atom is 0.0360 e. The third-order valence-electron chi connectivity index (χ3n) is 6.05. The van der Waals surface area contributed by atoms with Gasteiger partial charge in [0.2, 0.25) is 0 Å². The predicted octanol–water partition coefficient (Wildman–Crippen LogP) is 3.65. The Morgan fingerprint density at radius 2 is 1.79 bits per heavy atom. The van der Waals surface area contributed by atoms with E-state index in [9.17, 15) is 0 Å². The molecular formula is C17H34N2. The van der Waals surface area contributed by atoms with Gasteiger partial charge in [-0.15, -0.1) is 0 Å². The molecule has 2 aliphatic rings. The molecule has 19 heavy (non-hydrogen) atoms. The van der Waals surface area contributed by atoms with E-state index in [1.54, 1.807) is 0 Å². The molecule has 2 fully saturated rings. The van der Waals surface area contributed by atoms with Crippen molar-refractivity contribution in [2.45, 2.75) is 78.3 Å². The number of likely N-dealkylation sites (tertiary alicyclic amines) is 1. The Hall–Kier alpha value is -0.0800. The van der Waals surface area contributed by atoms with Crippen molar-refractivity contribution in [2.75, 3.05) is 13.1 Å². The van der Waals surface area contributed by atoms with Crippen LogP contribution in [0.15, 0.2) is 0 Å². The summed E-state index contributed by atoms with van der Waals surface area (Å²) in [5.41, 5.74) is 7.08. The van der Waals surface area contributed by atoms with Gasteiger partial charge in [0.1, 0.15) is 0 Å². The quantitative estimate of drug-likeness (QED) is 0.826. The van der Waals surface area contributed by atoms with Crippen molar-refractivity contribution >= 4 is 0 Å². The molecule has 2 nitrogen and oxygen atoms in total. The van der Waals surface area contributed by atoms with Crippen LogP contribution in [0.4, 0.5) is 0 Å². The van der Waals surface area contributed by atoms with E-state index in [1.807, 2.05) is 0 Å². The van der Waals surface area contributed by atoms with Crippen LogP contribution in [0.2, 0.25) is 0 Å². The molecule has 1 saturated heterocycles. The Morgan fingerprint density at radius 3 is 2.37 bits per heavy atom. The minimum Gasteiger partial charge on any atom is -0.329 e. The third kappa shape index (κ3) is 2.85. The number of hydrogen-bond acceptors (Lipinski definition) is 2. The predicted molar refractivity (Wildman–Crippen MR) is 83.1 cm³/mol. The zero-order valence-corrected chi connectivity index (χ0v) is 13.7. The fourth-order valence-electron chi connectivity index (χ4n) is 4.68. The standard InChI is InChI=1S/C17H34N2/c1-13-6-7-15(3)19(11-13)17(12-18)9-8-16(4,5)10-14(17)2/h13-15H,6-12,18H2,1-5H3. The number of nitrogens with two attached hydrogens (primary N) is 1. The summed E-state index contributed by atoms with van der Waals surface area (Å²) in [5.74, 6) is 1.55. The summed E-state index contributed by atoms with van der Waals surface area (Å²) >= 11 is 0. The molecule has 4 unspecified atom stereocenters. The van der Waals surface area contributed by atoms with Gasteiger partial charge in [-0.2, -0.15) is 0 Å². The summed E-state index contributed by atoms with van der Waals surface area (Å²) in [6.45, 7) is 14.2. The van der Waals surface area contributed by atoms with E-state index >= 15 is 0 Å². The molecule has 2 heteroatoms. The summed E-state index contributed by atoms with van der Waals surface area (Å²) in [5, 5.41) is 0. The van der Waals surface area contributed by atoms with Crippen LogP contribution in [-0.4, -0.2) is 29.6 Å². The van der Waals surface area contributed by atoms with Gasteiger partial charge in [0.15, 0.2) is 0 Å². The highest BCUT2D eigenvalue weighted by Gasteiger charge is 2.48. The van der Waals surface area contributed by atoms with Gasteiger partial charge in [-0.1, -0.05) is 27.7 Å². The molecule has 2 N–H and O–H groups in total. The largest absolute Gasteiger partial charge is 0.329 e. The van der Waals surface area contributed by atoms with Gasteiger partial charge < -0.3 is 5.73 Å². The fraction of sp³-hybridized carbons (Fsp3) is 1.00. The second-order valence-electron chi connectivity index (χ2n) is 8.26. The van der Waals surface area contributed by atoms with Crippen LogP contribution in [-0.2, 0) is 0 Å². The Kier molecular flexibility index (Phi) is 4.32. The molecule has 0 amide bonds. The van der Waals surface area contributed by atoms with E-state index in [-0.39, 0.29) is 5.54 Å². The number of hydrogen-bond donors (Lipinski definition) is 1. The van der Waals surface area contributed by atoms with Crippen LogP contribution < -0.4 is 5.73 Å². The normalized spacial score (nSPS) is 44.2. The van der Waals surface area contributed by atoms with Crippen LogP contribution in [0.1, 0.15) is 66.7 Å². The third-order valence-corrected chi connectivity index (χ3v) is 6.05. The number of nitrogens with zero attached hydrogens (tertiary/aromatic N) is 1. The highest BCUT2D eigenvalue weighted by atomic mass is 15.2. The van der Waals surface area contributed by atoms with Crippen LogP contribution in [0.25, 0.3) is 0 Å². The zero-order valence-electron chi connectivity index (χ0n) is 13.7. The van der Waals surface area contributed by atoms with E-state index in [4.69, 9.17) is 5.73 Å². The summed E-state index contributed by atoms with van der Waals surface area (Å²) in [7, 11) is 0. The molecule has 0 aromatic carbocycles. The first-order valence-corrected chi connectivity index (χ1v) is 8.27. The molecule has 0 aromatic rings. The summed E-state index contributed by atoms with van der Waals surface area (Å²) in [6, 6.07) is 0.711. The van der Waals surface area contributed by atoms with E-state index in [0.717, 1.165) is 12.5 Å². The lowest BCUT2D eigenvalue weighted by molar-refractivity contribution is -0.0655. The fourth-order valence-corrected chi connectivity index (χ4v) is 4.68. The summed E-state index contributed by atoms with van der Waals surface area (Å²) in [6.07, 6.45) is 6.67. The van der Waals surface area contributed by atoms with E-state index in [2.05, 4.69) is 39.5 Å². The van der Waals surface area contributed by atoms with E-state index in [1.165, 1.54) is 38.6 Å². The Labute approximate surface area is 120 Å². The van der Waals surface area contributed by atoms with Gasteiger partial charge in [0.05, 0.1) is 0 Å². The first kappa shape index (κ1) is 15.3. The molecule has 1 saturated carbocycles. The van der Waals surface area contributed by atoms with Gasteiger partial charge in [-0.3, -0.25) is 4.90 Å². The highest BCUT2D eigenvalue weighted by Crippen LogP contribution is 2.48. The monoisotopic (exact) mass is 266 g/mol. The van der Waals surface area contributed by atoms with Crippen molar-refractivity contribution in [1.29, 1.82) is 0 Å². The SMILES string of the molecule is CC1CCC(C)N(C2(CN)CCC(C)(C)CC2C)C1. The summed E-state index contributed by atoms with van der Waals surface area (Å²) < 4.78 is 0. The zero-order chi connectivity index (χ0) is 14.3. The lowest BCUT2D eigenvalue weighted by Crippen LogP contribution is -2.65. The minimum atomic E-state index is 0.267. The highest BCUT2D eigenvalue weighted by molar-refractivity contribution is 5.04. The number of rotatable bonds is 2. The van der Waals surface area contributed by atoms with Crippen molar-refractivity contribution in [3.8, 4) is 0 Å². The average molecular weight is 266 g/mol. The van der Waals surface area contributed by atoms with Gasteiger partial charge in [0.25, 0.3) is 0 Å². The summed E-state index contributed by atoms with van der Waals surface area (Å²) in [4.78, 5) is 2.79. The van der Waals surface area contributed by atoms with Gasteiger partial charge in [0, 0.05) is 24.7 Å². The van der Waals surface area contributed by atoms with Gasteiger partial charge in [-0.05, 0) is 56.3 Å². The van der Waals surface area contributed by atoms with E-state index in [0.29, 0.717) is 17.4 Å². The lowest BCUT2D eigenvalue weighted by Gasteiger charge is -2.57. The van der Waals surface area contributed by atoms with Crippen molar-refractivity contribution < 1.29 is 0 Å². The second-order valence-corrected chi connectivity index (χ2v) is 8.26. The molecule has 0 aromatic heterocycles. The average Bonchev–Trinajstić information content (AvgIpc) is 2.33. The maximum absolute atomic E-state index is 6.31. The smallest absolute Gasteiger partial charge is 0.0360 e. The second kappa shape index (κ2) is 5.37. The molecule has 1 heterocycles. The Morgan fingerprint density at radius 1 is 1.11 bits per heavy atom. The first-order valence-electron chi connectivity index (χ1n) is 8.27. The molecule has 4 atom stereocenters. The van der Waals surface area contributed by atoms with Crippen molar-refractivity contribution in [3.63, 3.8) is 0 Å². The Balaban J connectivity index is 2.22. The van der Waals surface area contributed by atoms with Crippen LogP contribution in [0, 0.1) is 17.3 Å². The van der Waals surface area contributed by atoms with E-state index < -0.39 is 0 Å². The molecule has 0 bridgehead atoms. The van der Waals surface area contributed by atoms with Crippen LogP contribution in [0.3, 0.4) is 0 Å². The first-order chi connectivity index (χ1) is 8.81. The van der Waals surface area contributed by atoms with Crippen LogP contribution in [0.5, 0.6) is 0 Å². The molecule has 1 aliphatic carbocycles. The number of piperidine rings is 1.